The molecule has 0 fully saturated rings. The van der Waals surface area contributed by atoms with Crippen LogP contribution in [0.25, 0.3) is 0 Å². The van der Waals surface area contributed by atoms with E-state index in [-0.39, 0.29) is 17.1 Å². The molecule has 0 aromatic heterocycles. The van der Waals surface area contributed by atoms with Crippen LogP contribution < -0.4 is 29.6 Å². The van der Waals surface area contributed by atoms with Gasteiger partial charge in [0, 0.05) is 16.6 Å². The SMILES string of the molecule is CCC(Sc1cccc(NC(=O)c2c(OC)cccc2OC)c1)C(=O)Nc1ccc(OC)cc1OC. The molecule has 3 aromatic rings. The van der Waals surface area contributed by atoms with Gasteiger partial charge in [-0.25, -0.2) is 0 Å². The summed E-state index contributed by atoms with van der Waals surface area (Å²) >= 11 is 1.41. The van der Waals surface area contributed by atoms with E-state index in [1.807, 2.05) is 25.1 Å². The number of anilines is 2. The average Bonchev–Trinajstić information content (AvgIpc) is 2.91. The van der Waals surface area contributed by atoms with Crippen molar-refractivity contribution in [1.29, 1.82) is 0 Å². The maximum absolute atomic E-state index is 13.0. The molecule has 2 N–H and O–H groups in total. The number of thioether (sulfide) groups is 1. The van der Waals surface area contributed by atoms with Crippen molar-refractivity contribution >= 4 is 35.0 Å². The fraction of sp³-hybridized carbons (Fsp3) is 0.259. The van der Waals surface area contributed by atoms with Gasteiger partial charge in [0.15, 0.2) is 0 Å². The molecule has 9 heteroatoms. The number of hydrogen-bond donors (Lipinski definition) is 2. The molecule has 0 saturated heterocycles. The number of nitrogens with one attached hydrogen (secondary N) is 2. The Hall–Kier alpha value is -3.85. The Morgan fingerprint density at radius 3 is 2.08 bits per heavy atom. The number of methoxy groups -OCH3 is 4. The van der Waals surface area contributed by atoms with Crippen LogP contribution in [-0.2, 0) is 4.79 Å². The van der Waals surface area contributed by atoms with Gasteiger partial charge in [-0.1, -0.05) is 19.1 Å². The monoisotopic (exact) mass is 510 g/mol. The molecule has 8 nitrogen and oxygen atoms in total. The van der Waals surface area contributed by atoms with E-state index in [1.54, 1.807) is 49.6 Å². The zero-order valence-electron chi connectivity index (χ0n) is 20.9. The molecular formula is C27H30N2O6S. The Bertz CT molecular complexity index is 1190. The predicted molar refractivity (Wildman–Crippen MR) is 142 cm³/mol. The second-order valence-electron chi connectivity index (χ2n) is 7.59. The summed E-state index contributed by atoms with van der Waals surface area (Å²) in [4.78, 5) is 26.9. The number of amides is 2. The number of rotatable bonds is 11. The Kier molecular flexibility index (Phi) is 9.46. The lowest BCUT2D eigenvalue weighted by atomic mass is 10.1. The van der Waals surface area contributed by atoms with Crippen LogP contribution in [0.4, 0.5) is 11.4 Å². The summed E-state index contributed by atoms with van der Waals surface area (Å²) in [6.07, 6.45) is 0.601. The summed E-state index contributed by atoms with van der Waals surface area (Å²) < 4.78 is 21.3. The molecular weight excluding hydrogens is 480 g/mol. The molecule has 0 saturated carbocycles. The summed E-state index contributed by atoms with van der Waals surface area (Å²) in [5, 5.41) is 5.47. The smallest absolute Gasteiger partial charge is 0.263 e. The number of carbonyl (C=O) groups is 2. The molecule has 2 amide bonds. The second kappa shape index (κ2) is 12.7. The van der Waals surface area contributed by atoms with E-state index in [4.69, 9.17) is 18.9 Å². The normalized spacial score (nSPS) is 11.2. The lowest BCUT2D eigenvalue weighted by Gasteiger charge is -2.17. The Labute approximate surface area is 215 Å². The van der Waals surface area contributed by atoms with E-state index in [1.165, 1.54) is 33.1 Å². The molecule has 0 bridgehead atoms. The molecule has 36 heavy (non-hydrogen) atoms. The zero-order valence-corrected chi connectivity index (χ0v) is 21.7. The van der Waals surface area contributed by atoms with Crippen molar-refractivity contribution in [2.75, 3.05) is 39.1 Å². The molecule has 0 spiro atoms. The molecule has 0 aliphatic heterocycles. The number of carbonyl (C=O) groups excluding carboxylic acids is 2. The van der Waals surface area contributed by atoms with Crippen molar-refractivity contribution in [3.05, 3.63) is 66.2 Å². The molecule has 3 rings (SSSR count). The Balaban J connectivity index is 1.74. The van der Waals surface area contributed by atoms with E-state index < -0.39 is 0 Å². The van der Waals surface area contributed by atoms with Crippen LogP contribution in [0.15, 0.2) is 65.6 Å². The largest absolute Gasteiger partial charge is 0.497 e. The van der Waals surface area contributed by atoms with Crippen molar-refractivity contribution in [2.24, 2.45) is 0 Å². The van der Waals surface area contributed by atoms with Gasteiger partial charge in [0.2, 0.25) is 5.91 Å². The third-order valence-corrected chi connectivity index (χ3v) is 6.71. The van der Waals surface area contributed by atoms with Gasteiger partial charge in [0.05, 0.1) is 39.4 Å². The van der Waals surface area contributed by atoms with Gasteiger partial charge in [0.1, 0.15) is 28.6 Å². The van der Waals surface area contributed by atoms with Gasteiger partial charge in [0.25, 0.3) is 5.91 Å². The van der Waals surface area contributed by atoms with Crippen LogP contribution >= 0.6 is 11.8 Å². The van der Waals surface area contributed by atoms with Gasteiger partial charge in [-0.05, 0) is 48.9 Å². The summed E-state index contributed by atoms with van der Waals surface area (Å²) in [5.74, 6) is 1.46. The lowest BCUT2D eigenvalue weighted by molar-refractivity contribution is -0.115. The standard InChI is InChI=1S/C27H30N2O6S/c1-6-24(26(30)29-20-14-13-18(32-2)16-23(20)35-5)36-19-10-7-9-17(15-19)28-27(31)25-21(33-3)11-8-12-22(25)34-4/h7-16,24H,6H2,1-5H3,(H,28,31)(H,29,30). The van der Waals surface area contributed by atoms with Crippen LogP contribution in [0.5, 0.6) is 23.0 Å². The molecule has 0 radical (unpaired) electrons. The highest BCUT2D eigenvalue weighted by atomic mass is 32.2. The first-order valence-corrected chi connectivity index (χ1v) is 12.1. The van der Waals surface area contributed by atoms with Gasteiger partial charge in [-0.3, -0.25) is 9.59 Å². The maximum Gasteiger partial charge on any atom is 0.263 e. The fourth-order valence-electron chi connectivity index (χ4n) is 3.52. The zero-order chi connectivity index (χ0) is 26.1. The van der Waals surface area contributed by atoms with Crippen LogP contribution in [0.1, 0.15) is 23.7 Å². The topological polar surface area (TPSA) is 95.1 Å². The Morgan fingerprint density at radius 1 is 0.806 bits per heavy atom. The van der Waals surface area contributed by atoms with Crippen molar-refractivity contribution in [1.82, 2.24) is 0 Å². The molecule has 1 unspecified atom stereocenters. The minimum Gasteiger partial charge on any atom is -0.497 e. The highest BCUT2D eigenvalue weighted by Crippen LogP contribution is 2.33. The maximum atomic E-state index is 13.0. The van der Waals surface area contributed by atoms with Gasteiger partial charge in [-0.2, -0.15) is 0 Å². The van der Waals surface area contributed by atoms with E-state index in [0.717, 1.165) is 4.90 Å². The minimum absolute atomic E-state index is 0.154. The van der Waals surface area contributed by atoms with E-state index in [0.29, 0.717) is 46.4 Å². The first-order chi connectivity index (χ1) is 17.4. The van der Waals surface area contributed by atoms with Crippen molar-refractivity contribution in [3.63, 3.8) is 0 Å². The molecule has 0 aliphatic carbocycles. The first kappa shape index (κ1) is 26.7. The van der Waals surface area contributed by atoms with E-state index >= 15 is 0 Å². The molecule has 0 heterocycles. The number of benzene rings is 3. The number of hydrogen-bond acceptors (Lipinski definition) is 7. The van der Waals surface area contributed by atoms with Crippen molar-refractivity contribution in [3.8, 4) is 23.0 Å². The fourth-order valence-corrected chi connectivity index (χ4v) is 4.53. The van der Waals surface area contributed by atoms with E-state index in [9.17, 15) is 9.59 Å². The number of ether oxygens (including phenoxy) is 4. The molecule has 0 aliphatic rings. The second-order valence-corrected chi connectivity index (χ2v) is 8.87. The average molecular weight is 511 g/mol. The van der Waals surface area contributed by atoms with Crippen LogP contribution in [-0.4, -0.2) is 45.5 Å². The highest BCUT2D eigenvalue weighted by molar-refractivity contribution is 8.00. The van der Waals surface area contributed by atoms with Crippen LogP contribution in [0, 0.1) is 0 Å². The summed E-state index contributed by atoms with van der Waals surface area (Å²) in [6.45, 7) is 1.95. The van der Waals surface area contributed by atoms with Gasteiger partial charge in [-0.15, -0.1) is 11.8 Å². The van der Waals surface area contributed by atoms with Crippen LogP contribution in [0.2, 0.25) is 0 Å². The van der Waals surface area contributed by atoms with Gasteiger partial charge < -0.3 is 29.6 Å². The van der Waals surface area contributed by atoms with E-state index in [2.05, 4.69) is 10.6 Å². The third kappa shape index (κ3) is 6.42. The summed E-state index contributed by atoms with van der Waals surface area (Å²) in [6, 6.07) is 17.7. The Morgan fingerprint density at radius 2 is 1.47 bits per heavy atom. The summed E-state index contributed by atoms with van der Waals surface area (Å²) in [7, 11) is 6.11. The quantitative estimate of drug-likeness (QED) is 0.330. The molecule has 190 valence electrons. The first-order valence-electron chi connectivity index (χ1n) is 11.3. The highest BCUT2D eigenvalue weighted by Gasteiger charge is 2.21. The minimum atomic E-state index is -0.364. The third-order valence-electron chi connectivity index (χ3n) is 5.35. The van der Waals surface area contributed by atoms with Crippen molar-refractivity contribution < 1.29 is 28.5 Å². The van der Waals surface area contributed by atoms with Crippen molar-refractivity contribution in [2.45, 2.75) is 23.5 Å². The summed E-state index contributed by atoms with van der Waals surface area (Å²) in [5.41, 5.74) is 1.46. The van der Waals surface area contributed by atoms with Gasteiger partial charge >= 0.3 is 0 Å². The molecule has 3 aromatic carbocycles. The lowest BCUT2D eigenvalue weighted by Crippen LogP contribution is -2.24. The predicted octanol–water partition coefficient (Wildman–Crippen LogP) is 5.48. The van der Waals surface area contributed by atoms with Crippen LogP contribution in [0.3, 0.4) is 0 Å². The molecule has 1 atom stereocenters.